The number of amides is 1. The van der Waals surface area contributed by atoms with E-state index in [-0.39, 0.29) is 22.4 Å². The third kappa shape index (κ3) is 3.09. The standard InChI is InChI=1S/C22H17F3N4O2/c1-29(22(31)17-4-10-2-3-11(23)5-16(10)27-17)19-9-26-8-18-20(19)12-6-14(24)15(25)7-13(12)21(30)28-18/h2-7,19,26-27H,8-9H2,1H3,(H,28,30)/t19-/m1/s1. The van der Waals surface area contributed by atoms with Crippen LogP contribution in [0.4, 0.5) is 13.2 Å². The Morgan fingerprint density at radius 3 is 2.55 bits per heavy atom. The van der Waals surface area contributed by atoms with Gasteiger partial charge in [0.2, 0.25) is 0 Å². The Morgan fingerprint density at radius 2 is 1.77 bits per heavy atom. The molecule has 0 aliphatic carbocycles. The van der Waals surface area contributed by atoms with Crippen LogP contribution >= 0.6 is 0 Å². The number of rotatable bonds is 2. The normalized spacial score (nSPS) is 15.9. The molecular weight excluding hydrogens is 409 g/mol. The van der Waals surface area contributed by atoms with Crippen LogP contribution in [0.5, 0.6) is 0 Å². The number of nitrogens with one attached hydrogen (secondary N) is 3. The highest BCUT2D eigenvalue weighted by atomic mass is 19.2. The highest BCUT2D eigenvalue weighted by Crippen LogP contribution is 2.33. The summed E-state index contributed by atoms with van der Waals surface area (Å²) in [7, 11) is 1.59. The number of halogens is 3. The first kappa shape index (κ1) is 19.4. The molecule has 1 aliphatic heterocycles. The molecule has 31 heavy (non-hydrogen) atoms. The predicted molar refractivity (Wildman–Crippen MR) is 109 cm³/mol. The van der Waals surface area contributed by atoms with Crippen molar-refractivity contribution in [3.05, 3.63) is 81.2 Å². The first-order valence-corrected chi connectivity index (χ1v) is 9.63. The van der Waals surface area contributed by atoms with Gasteiger partial charge in [-0.15, -0.1) is 0 Å². The Hall–Kier alpha value is -3.59. The molecule has 0 bridgehead atoms. The lowest BCUT2D eigenvalue weighted by Crippen LogP contribution is -2.42. The number of nitrogens with zero attached hydrogens (tertiary/aromatic N) is 1. The number of fused-ring (bicyclic) bond motifs is 4. The second kappa shape index (κ2) is 6.98. The number of pyridine rings is 1. The van der Waals surface area contributed by atoms with E-state index < -0.39 is 29.1 Å². The fourth-order valence-corrected chi connectivity index (χ4v) is 4.22. The first-order chi connectivity index (χ1) is 14.8. The summed E-state index contributed by atoms with van der Waals surface area (Å²) in [6.07, 6.45) is 0. The lowest BCUT2D eigenvalue weighted by atomic mass is 9.93. The fraction of sp³-hybridized carbons (Fsp3) is 0.182. The summed E-state index contributed by atoms with van der Waals surface area (Å²) in [6.45, 7) is 0.675. The molecule has 5 rings (SSSR count). The van der Waals surface area contributed by atoms with Crippen molar-refractivity contribution in [2.24, 2.45) is 0 Å². The van der Waals surface area contributed by atoms with Gasteiger partial charge in [0, 0.05) is 42.3 Å². The van der Waals surface area contributed by atoms with Crippen LogP contribution in [0.1, 0.15) is 27.8 Å². The molecule has 0 fully saturated rings. The zero-order valence-corrected chi connectivity index (χ0v) is 16.4. The molecule has 1 atom stereocenters. The first-order valence-electron chi connectivity index (χ1n) is 9.63. The number of carbonyl (C=O) groups excluding carboxylic acids is 1. The predicted octanol–water partition coefficient (Wildman–Crippen LogP) is 3.34. The molecule has 158 valence electrons. The molecule has 3 N–H and O–H groups in total. The summed E-state index contributed by atoms with van der Waals surface area (Å²) in [5, 5.41) is 4.11. The SMILES string of the molecule is CN(C(=O)c1cc2ccc(F)cc2[nH]1)[C@@H]1CNCc2[nH]c(=O)c3cc(F)c(F)cc3c21. The molecule has 0 saturated carbocycles. The van der Waals surface area contributed by atoms with Gasteiger partial charge in [0.1, 0.15) is 11.5 Å². The molecule has 4 aromatic rings. The third-order valence-corrected chi connectivity index (χ3v) is 5.76. The fourth-order valence-electron chi connectivity index (χ4n) is 4.22. The molecule has 1 amide bonds. The van der Waals surface area contributed by atoms with Crippen LogP contribution in [0.2, 0.25) is 0 Å². The number of aromatic nitrogens is 2. The summed E-state index contributed by atoms with van der Waals surface area (Å²) in [4.78, 5) is 32.7. The minimum absolute atomic E-state index is 0.0199. The summed E-state index contributed by atoms with van der Waals surface area (Å²) in [6, 6.07) is 7.14. The number of carbonyl (C=O) groups is 1. The van der Waals surface area contributed by atoms with Crippen LogP contribution in [0.3, 0.4) is 0 Å². The molecular formula is C22H17F3N4O2. The van der Waals surface area contributed by atoms with Crippen molar-refractivity contribution >= 4 is 27.6 Å². The van der Waals surface area contributed by atoms with Crippen LogP contribution in [0.25, 0.3) is 21.7 Å². The van der Waals surface area contributed by atoms with Gasteiger partial charge < -0.3 is 20.2 Å². The van der Waals surface area contributed by atoms with Crippen molar-refractivity contribution in [2.75, 3.05) is 13.6 Å². The molecule has 0 spiro atoms. The van der Waals surface area contributed by atoms with E-state index in [0.29, 0.717) is 35.2 Å². The minimum atomic E-state index is -1.11. The zero-order chi connectivity index (χ0) is 21.9. The molecule has 2 aromatic carbocycles. The van der Waals surface area contributed by atoms with E-state index >= 15 is 0 Å². The Balaban J connectivity index is 1.61. The van der Waals surface area contributed by atoms with Gasteiger partial charge in [-0.1, -0.05) is 0 Å². The van der Waals surface area contributed by atoms with Gasteiger partial charge in [-0.25, -0.2) is 13.2 Å². The second-order valence-electron chi connectivity index (χ2n) is 7.64. The number of likely N-dealkylation sites (N-methyl/N-ethyl adjacent to an activating group) is 1. The topological polar surface area (TPSA) is 81.0 Å². The number of hydrogen-bond donors (Lipinski definition) is 3. The highest BCUT2D eigenvalue weighted by molar-refractivity contribution is 5.98. The van der Waals surface area contributed by atoms with Gasteiger partial charge in [0.15, 0.2) is 11.6 Å². The lowest BCUT2D eigenvalue weighted by Gasteiger charge is -2.34. The largest absolute Gasteiger partial charge is 0.350 e. The highest BCUT2D eigenvalue weighted by Gasteiger charge is 2.31. The van der Waals surface area contributed by atoms with Crippen LogP contribution in [-0.4, -0.2) is 34.4 Å². The maximum Gasteiger partial charge on any atom is 0.270 e. The van der Waals surface area contributed by atoms with E-state index in [1.807, 2.05) is 0 Å². The maximum atomic E-state index is 14.0. The van der Waals surface area contributed by atoms with E-state index in [4.69, 9.17) is 0 Å². The van der Waals surface area contributed by atoms with Crippen molar-refractivity contribution in [2.45, 2.75) is 12.6 Å². The summed E-state index contributed by atoms with van der Waals surface area (Å²) >= 11 is 0. The average Bonchev–Trinajstić information content (AvgIpc) is 3.17. The van der Waals surface area contributed by atoms with Crippen molar-refractivity contribution in [1.82, 2.24) is 20.2 Å². The van der Waals surface area contributed by atoms with Crippen LogP contribution in [-0.2, 0) is 6.54 Å². The van der Waals surface area contributed by atoms with Gasteiger partial charge >= 0.3 is 0 Å². The second-order valence-corrected chi connectivity index (χ2v) is 7.64. The zero-order valence-electron chi connectivity index (χ0n) is 16.4. The Bertz CT molecular complexity index is 1430. The molecule has 9 heteroatoms. The molecule has 0 radical (unpaired) electrons. The summed E-state index contributed by atoms with van der Waals surface area (Å²) in [5.74, 6) is -2.96. The van der Waals surface area contributed by atoms with Crippen molar-refractivity contribution in [3.63, 3.8) is 0 Å². The van der Waals surface area contributed by atoms with Gasteiger partial charge in [-0.2, -0.15) is 0 Å². The third-order valence-electron chi connectivity index (χ3n) is 5.76. The van der Waals surface area contributed by atoms with Gasteiger partial charge in [0.25, 0.3) is 11.5 Å². The smallest absolute Gasteiger partial charge is 0.270 e. The average molecular weight is 426 g/mol. The number of benzene rings is 2. The monoisotopic (exact) mass is 426 g/mol. The Labute approximate surface area is 173 Å². The Morgan fingerprint density at radius 1 is 1.03 bits per heavy atom. The molecule has 2 aromatic heterocycles. The van der Waals surface area contributed by atoms with Crippen LogP contribution < -0.4 is 10.9 Å². The van der Waals surface area contributed by atoms with Gasteiger partial charge in [-0.3, -0.25) is 9.59 Å². The van der Waals surface area contributed by atoms with E-state index in [1.54, 1.807) is 19.2 Å². The molecule has 6 nitrogen and oxygen atoms in total. The van der Waals surface area contributed by atoms with E-state index in [9.17, 15) is 22.8 Å². The number of aromatic amines is 2. The van der Waals surface area contributed by atoms with Crippen LogP contribution in [0.15, 0.2) is 41.2 Å². The van der Waals surface area contributed by atoms with E-state index in [0.717, 1.165) is 12.1 Å². The van der Waals surface area contributed by atoms with Crippen molar-refractivity contribution in [1.29, 1.82) is 0 Å². The van der Waals surface area contributed by atoms with Gasteiger partial charge in [-0.05, 0) is 41.8 Å². The molecule has 1 aliphatic rings. The lowest BCUT2D eigenvalue weighted by molar-refractivity contribution is 0.0718. The minimum Gasteiger partial charge on any atom is -0.350 e. The van der Waals surface area contributed by atoms with E-state index in [2.05, 4.69) is 15.3 Å². The number of H-pyrrole nitrogens is 2. The number of hydrogen-bond acceptors (Lipinski definition) is 3. The van der Waals surface area contributed by atoms with Crippen LogP contribution in [0, 0.1) is 17.5 Å². The van der Waals surface area contributed by atoms with Crippen molar-refractivity contribution in [3.8, 4) is 0 Å². The van der Waals surface area contributed by atoms with E-state index in [1.165, 1.54) is 17.0 Å². The summed E-state index contributed by atoms with van der Waals surface area (Å²) < 4.78 is 41.3. The summed E-state index contributed by atoms with van der Waals surface area (Å²) in [5.41, 5.74) is 1.30. The molecule has 0 saturated heterocycles. The quantitative estimate of drug-likeness (QED) is 0.460. The molecule has 0 unspecified atom stereocenters. The van der Waals surface area contributed by atoms with Crippen molar-refractivity contribution < 1.29 is 18.0 Å². The maximum absolute atomic E-state index is 14.0. The van der Waals surface area contributed by atoms with Gasteiger partial charge in [0.05, 0.1) is 11.4 Å². The molecule has 3 heterocycles. The Kier molecular flexibility index (Phi) is 4.37.